The van der Waals surface area contributed by atoms with Crippen LogP contribution in [0.25, 0.3) is 0 Å². The lowest BCUT2D eigenvalue weighted by Crippen LogP contribution is -2.39. The average molecular weight is 432 g/mol. The lowest BCUT2D eigenvalue weighted by atomic mass is 10.1. The number of likely N-dealkylation sites (tertiary alicyclic amines) is 1. The summed E-state index contributed by atoms with van der Waals surface area (Å²) >= 11 is 0. The van der Waals surface area contributed by atoms with Gasteiger partial charge in [-0.05, 0) is 61.3 Å². The fourth-order valence-electron chi connectivity index (χ4n) is 4.28. The van der Waals surface area contributed by atoms with Crippen LogP contribution in [-0.4, -0.2) is 29.0 Å². The van der Waals surface area contributed by atoms with Gasteiger partial charge >= 0.3 is 6.03 Å². The van der Waals surface area contributed by atoms with Gasteiger partial charge in [0.2, 0.25) is 0 Å². The second-order valence-electron chi connectivity index (χ2n) is 8.17. The first-order valence-corrected chi connectivity index (χ1v) is 10.9. The number of urea groups is 1. The fraction of sp³-hybridized carbons (Fsp3) is 0.280. The molecule has 32 heavy (non-hydrogen) atoms. The highest BCUT2D eigenvalue weighted by molar-refractivity contribution is 6.04. The minimum atomic E-state index is -0.398. The summed E-state index contributed by atoms with van der Waals surface area (Å²) in [5, 5.41) is 2.99. The Labute approximate surface area is 186 Å². The quantitative estimate of drug-likeness (QED) is 0.599. The van der Waals surface area contributed by atoms with Gasteiger partial charge in [0, 0.05) is 24.5 Å². The number of para-hydroxylation sites is 1. The van der Waals surface area contributed by atoms with E-state index < -0.39 is 5.82 Å². The molecule has 3 aromatic rings. The normalized spacial score (nSPS) is 16.0. The van der Waals surface area contributed by atoms with Crippen LogP contribution < -0.4 is 15.0 Å². The molecule has 1 aromatic heterocycles. The number of nitrogens with zero attached hydrogens (tertiary/aromatic N) is 3. The molecule has 0 aliphatic carbocycles. The average Bonchev–Trinajstić information content (AvgIpc) is 3.32. The van der Waals surface area contributed by atoms with Crippen LogP contribution in [0.3, 0.4) is 0 Å². The molecule has 0 saturated carbocycles. The van der Waals surface area contributed by atoms with Gasteiger partial charge in [-0.25, -0.2) is 9.18 Å². The van der Waals surface area contributed by atoms with Gasteiger partial charge in [-0.15, -0.1) is 0 Å². The Kier molecular flexibility index (Phi) is 5.73. The van der Waals surface area contributed by atoms with E-state index in [2.05, 4.69) is 15.2 Å². The minimum Gasteiger partial charge on any atom is -0.487 e. The second kappa shape index (κ2) is 8.96. The van der Waals surface area contributed by atoms with Crippen LogP contribution in [0.1, 0.15) is 29.7 Å². The molecule has 3 heterocycles. The van der Waals surface area contributed by atoms with Gasteiger partial charge < -0.3 is 10.1 Å². The number of amides is 2. The number of anilines is 2. The van der Waals surface area contributed by atoms with Crippen molar-refractivity contribution in [2.24, 2.45) is 0 Å². The number of hydrogen-bond acceptors (Lipinski definition) is 4. The maximum Gasteiger partial charge on any atom is 0.326 e. The van der Waals surface area contributed by atoms with Crippen molar-refractivity contribution in [2.75, 3.05) is 23.3 Å². The van der Waals surface area contributed by atoms with Crippen LogP contribution in [0.5, 0.6) is 5.75 Å². The van der Waals surface area contributed by atoms with Crippen LogP contribution in [0.2, 0.25) is 0 Å². The van der Waals surface area contributed by atoms with Crippen LogP contribution in [-0.2, 0) is 19.7 Å². The minimum absolute atomic E-state index is 0.0205. The van der Waals surface area contributed by atoms with Gasteiger partial charge in [-0.3, -0.25) is 14.8 Å². The number of rotatable bonds is 6. The molecule has 1 fully saturated rings. The number of benzene rings is 2. The number of hydrogen-bond donors (Lipinski definition) is 1. The highest BCUT2D eigenvalue weighted by atomic mass is 19.1. The number of aromatic nitrogens is 1. The topological polar surface area (TPSA) is 57.7 Å². The molecule has 0 radical (unpaired) electrons. The van der Waals surface area contributed by atoms with Crippen molar-refractivity contribution in [1.82, 2.24) is 9.88 Å². The standard InChI is InChI=1S/C25H25FN4O2/c26-21-7-5-11-27-23(21)17-32-20-10-9-19(15-29-12-3-4-13-29)24(14-20)30-16-18-6-1-2-8-22(18)28-25(30)31/h1-2,5-11,14H,3-4,12-13,15-17H2,(H,28,31). The third-order valence-corrected chi connectivity index (χ3v) is 5.98. The first-order chi connectivity index (χ1) is 15.7. The maximum atomic E-state index is 13.9. The molecule has 2 aliphatic rings. The summed E-state index contributed by atoms with van der Waals surface area (Å²) in [5.74, 6) is 0.173. The van der Waals surface area contributed by atoms with Crippen molar-refractivity contribution in [2.45, 2.75) is 32.5 Å². The Hall–Kier alpha value is -3.45. The van der Waals surface area contributed by atoms with Crippen molar-refractivity contribution in [1.29, 1.82) is 0 Å². The summed E-state index contributed by atoms with van der Waals surface area (Å²) in [6.45, 7) is 3.40. The molecule has 2 amide bonds. The van der Waals surface area contributed by atoms with Gasteiger partial charge in [0.05, 0.1) is 12.2 Å². The number of halogens is 1. The first-order valence-electron chi connectivity index (χ1n) is 10.9. The molecule has 1 N–H and O–H groups in total. The fourth-order valence-corrected chi connectivity index (χ4v) is 4.28. The van der Waals surface area contributed by atoms with Crippen molar-refractivity contribution in [3.8, 4) is 5.75 Å². The van der Waals surface area contributed by atoms with Crippen molar-refractivity contribution in [3.05, 3.63) is 83.4 Å². The molecule has 164 valence electrons. The van der Waals surface area contributed by atoms with Crippen molar-refractivity contribution < 1.29 is 13.9 Å². The molecule has 0 bridgehead atoms. The van der Waals surface area contributed by atoms with Crippen LogP contribution in [0, 0.1) is 5.82 Å². The molecule has 2 aromatic carbocycles. The Morgan fingerprint density at radius 3 is 2.75 bits per heavy atom. The van der Waals surface area contributed by atoms with E-state index in [0.717, 1.165) is 42.1 Å². The third kappa shape index (κ3) is 4.29. The monoisotopic (exact) mass is 432 g/mol. The smallest absolute Gasteiger partial charge is 0.326 e. The highest BCUT2D eigenvalue weighted by Gasteiger charge is 2.26. The highest BCUT2D eigenvalue weighted by Crippen LogP contribution is 2.33. The number of carbonyl (C=O) groups excluding carboxylic acids is 1. The summed E-state index contributed by atoms with van der Waals surface area (Å²) < 4.78 is 19.8. The molecular formula is C25H25FN4O2. The van der Waals surface area contributed by atoms with Gasteiger partial charge in [-0.1, -0.05) is 24.3 Å². The molecule has 1 saturated heterocycles. The van der Waals surface area contributed by atoms with E-state index in [0.29, 0.717) is 12.3 Å². The molecule has 6 nitrogen and oxygen atoms in total. The largest absolute Gasteiger partial charge is 0.487 e. The van der Waals surface area contributed by atoms with Crippen LogP contribution in [0.15, 0.2) is 60.8 Å². The first kappa shape index (κ1) is 20.5. The number of nitrogens with one attached hydrogen (secondary N) is 1. The zero-order valence-electron chi connectivity index (χ0n) is 17.8. The summed E-state index contributed by atoms with van der Waals surface area (Å²) in [5.41, 5.74) is 4.02. The van der Waals surface area contributed by atoms with Crippen molar-refractivity contribution >= 4 is 17.4 Å². The molecule has 0 unspecified atom stereocenters. The van der Waals surface area contributed by atoms with E-state index in [1.807, 2.05) is 42.5 Å². The van der Waals surface area contributed by atoms with Crippen molar-refractivity contribution in [3.63, 3.8) is 0 Å². The van der Waals surface area contributed by atoms with E-state index in [9.17, 15) is 9.18 Å². The Bertz CT molecular complexity index is 1130. The Morgan fingerprint density at radius 1 is 1.06 bits per heavy atom. The molecule has 5 rings (SSSR count). The van der Waals surface area contributed by atoms with Gasteiger partial charge in [0.1, 0.15) is 23.9 Å². The SMILES string of the molecule is O=C1Nc2ccccc2CN1c1cc(OCc2ncccc2F)ccc1CN1CCCC1. The Balaban J connectivity index is 1.44. The van der Waals surface area contributed by atoms with E-state index in [1.165, 1.54) is 18.9 Å². The molecule has 2 aliphatic heterocycles. The summed E-state index contributed by atoms with van der Waals surface area (Å²) in [4.78, 5) is 21.2. The molecule has 0 spiro atoms. The van der Waals surface area contributed by atoms with E-state index in [-0.39, 0.29) is 18.3 Å². The lowest BCUT2D eigenvalue weighted by Gasteiger charge is -2.32. The molecule has 0 atom stereocenters. The van der Waals surface area contributed by atoms with E-state index in [1.54, 1.807) is 17.2 Å². The zero-order chi connectivity index (χ0) is 21.9. The van der Waals surface area contributed by atoms with Gasteiger partial charge in [0.25, 0.3) is 0 Å². The summed E-state index contributed by atoms with van der Waals surface area (Å²) in [7, 11) is 0. The lowest BCUT2D eigenvalue weighted by molar-refractivity contribution is 0.255. The number of ether oxygens (including phenoxy) is 1. The van der Waals surface area contributed by atoms with Crippen LogP contribution >= 0.6 is 0 Å². The van der Waals surface area contributed by atoms with E-state index >= 15 is 0 Å². The Morgan fingerprint density at radius 2 is 1.91 bits per heavy atom. The van der Waals surface area contributed by atoms with Gasteiger partial charge in [0.15, 0.2) is 0 Å². The second-order valence-corrected chi connectivity index (χ2v) is 8.17. The number of fused-ring (bicyclic) bond motifs is 1. The maximum absolute atomic E-state index is 13.9. The zero-order valence-corrected chi connectivity index (χ0v) is 17.8. The number of pyridine rings is 1. The number of carbonyl (C=O) groups is 1. The predicted molar refractivity (Wildman–Crippen MR) is 121 cm³/mol. The third-order valence-electron chi connectivity index (χ3n) is 5.98. The predicted octanol–water partition coefficient (Wildman–Crippen LogP) is 4.95. The molecular weight excluding hydrogens is 407 g/mol. The van der Waals surface area contributed by atoms with Crippen LogP contribution in [0.4, 0.5) is 20.6 Å². The van der Waals surface area contributed by atoms with E-state index in [4.69, 9.17) is 4.74 Å². The molecule has 7 heteroatoms. The summed E-state index contributed by atoms with van der Waals surface area (Å²) in [6, 6.07) is 16.3. The summed E-state index contributed by atoms with van der Waals surface area (Å²) in [6.07, 6.45) is 3.94. The van der Waals surface area contributed by atoms with Gasteiger partial charge in [-0.2, -0.15) is 0 Å².